The second kappa shape index (κ2) is 8.91. The first-order chi connectivity index (χ1) is 14.7. The van der Waals surface area contributed by atoms with Gasteiger partial charge in [0.25, 0.3) is 0 Å². The third-order valence-electron chi connectivity index (χ3n) is 4.93. The molecule has 4 heterocycles. The highest BCUT2D eigenvalue weighted by Crippen LogP contribution is 2.31. The van der Waals surface area contributed by atoms with Gasteiger partial charge in [-0.05, 0) is 57.6 Å². The van der Waals surface area contributed by atoms with E-state index in [9.17, 15) is 0 Å². The zero-order chi connectivity index (χ0) is 20.9. The molecule has 5 rings (SSSR count). The van der Waals surface area contributed by atoms with Gasteiger partial charge in [-0.15, -0.1) is 5.10 Å². The van der Waals surface area contributed by atoms with Crippen molar-refractivity contribution in [1.82, 2.24) is 30.5 Å². The summed E-state index contributed by atoms with van der Waals surface area (Å²) >= 11 is 0. The second-order valence-electron chi connectivity index (χ2n) is 7.19. The van der Waals surface area contributed by atoms with Crippen molar-refractivity contribution in [2.45, 2.75) is 19.3 Å². The van der Waals surface area contributed by atoms with E-state index in [1.807, 2.05) is 50.8 Å². The minimum Gasteiger partial charge on any atom is -0.404 e. The summed E-state index contributed by atoms with van der Waals surface area (Å²) in [7, 11) is 3.75. The SMILES string of the molecule is CNC.Nc1nnc(-c2ccc3[nH]cc(-c4nccc(N5CCCCC5)n4)c3c2)o1. The van der Waals surface area contributed by atoms with Crippen molar-refractivity contribution in [3.8, 4) is 22.8 Å². The van der Waals surface area contributed by atoms with E-state index in [2.05, 4.69) is 30.4 Å². The van der Waals surface area contributed by atoms with Crippen LogP contribution >= 0.6 is 0 Å². The van der Waals surface area contributed by atoms with Crippen molar-refractivity contribution >= 4 is 22.7 Å². The van der Waals surface area contributed by atoms with Crippen molar-refractivity contribution in [3.05, 3.63) is 36.7 Å². The lowest BCUT2D eigenvalue weighted by Gasteiger charge is -2.27. The van der Waals surface area contributed by atoms with Crippen LogP contribution in [0.5, 0.6) is 0 Å². The first kappa shape index (κ1) is 19.8. The Balaban J connectivity index is 0.000000687. The van der Waals surface area contributed by atoms with E-state index in [-0.39, 0.29) is 6.01 Å². The van der Waals surface area contributed by atoms with Crippen LogP contribution in [0.4, 0.5) is 11.8 Å². The Morgan fingerprint density at radius 3 is 2.63 bits per heavy atom. The van der Waals surface area contributed by atoms with E-state index in [4.69, 9.17) is 15.1 Å². The lowest BCUT2D eigenvalue weighted by atomic mass is 10.1. The summed E-state index contributed by atoms with van der Waals surface area (Å²) in [5, 5.41) is 11.4. The van der Waals surface area contributed by atoms with Gasteiger partial charge in [-0.1, -0.05) is 5.10 Å². The highest BCUT2D eigenvalue weighted by molar-refractivity contribution is 5.96. The number of aromatic amines is 1. The van der Waals surface area contributed by atoms with Crippen molar-refractivity contribution < 1.29 is 4.42 Å². The Hall–Kier alpha value is -3.46. The molecule has 0 atom stereocenters. The number of fused-ring (bicyclic) bond motifs is 1. The topological polar surface area (TPSA) is 122 Å². The maximum atomic E-state index is 5.55. The van der Waals surface area contributed by atoms with E-state index in [0.717, 1.165) is 40.9 Å². The predicted octanol–water partition coefficient (Wildman–Crippen LogP) is 3.08. The van der Waals surface area contributed by atoms with E-state index in [0.29, 0.717) is 11.7 Å². The largest absolute Gasteiger partial charge is 0.404 e. The number of aromatic nitrogens is 5. The summed E-state index contributed by atoms with van der Waals surface area (Å²) in [5.41, 5.74) is 8.29. The van der Waals surface area contributed by atoms with Gasteiger partial charge in [0.15, 0.2) is 5.82 Å². The molecule has 30 heavy (non-hydrogen) atoms. The predicted molar refractivity (Wildman–Crippen MR) is 118 cm³/mol. The number of piperidine rings is 1. The van der Waals surface area contributed by atoms with Gasteiger partial charge >= 0.3 is 6.01 Å². The number of anilines is 2. The van der Waals surface area contributed by atoms with Crippen LogP contribution in [0.3, 0.4) is 0 Å². The number of hydrogen-bond acceptors (Lipinski definition) is 8. The molecule has 156 valence electrons. The lowest BCUT2D eigenvalue weighted by Crippen LogP contribution is -2.30. The Kier molecular flexibility index (Phi) is 5.89. The van der Waals surface area contributed by atoms with Crippen LogP contribution < -0.4 is 16.0 Å². The van der Waals surface area contributed by atoms with Crippen LogP contribution in [0.1, 0.15) is 19.3 Å². The number of nitrogen functional groups attached to an aromatic ring is 1. The third-order valence-corrected chi connectivity index (χ3v) is 4.93. The molecule has 4 N–H and O–H groups in total. The monoisotopic (exact) mass is 406 g/mol. The molecule has 1 aliphatic heterocycles. The lowest BCUT2D eigenvalue weighted by molar-refractivity contribution is 0.573. The van der Waals surface area contributed by atoms with Crippen molar-refractivity contribution in [3.63, 3.8) is 0 Å². The van der Waals surface area contributed by atoms with Gasteiger partial charge in [-0.2, -0.15) is 0 Å². The number of H-pyrrole nitrogens is 1. The molecular formula is C21H26N8O. The Bertz CT molecular complexity index is 1110. The smallest absolute Gasteiger partial charge is 0.313 e. The van der Waals surface area contributed by atoms with Gasteiger partial charge in [0, 0.05) is 47.5 Å². The fraction of sp³-hybridized carbons (Fsp3) is 0.333. The van der Waals surface area contributed by atoms with Gasteiger partial charge in [0.05, 0.1) is 0 Å². The fourth-order valence-corrected chi connectivity index (χ4v) is 3.57. The molecular weight excluding hydrogens is 380 g/mol. The molecule has 1 aromatic carbocycles. The molecule has 1 saturated heterocycles. The second-order valence-corrected chi connectivity index (χ2v) is 7.19. The maximum absolute atomic E-state index is 5.55. The Labute approximate surface area is 174 Å². The quantitative estimate of drug-likeness (QED) is 0.474. The molecule has 0 unspecified atom stereocenters. The molecule has 9 heteroatoms. The van der Waals surface area contributed by atoms with Crippen LogP contribution in [0.25, 0.3) is 33.7 Å². The number of nitrogens with two attached hydrogens (primary N) is 1. The summed E-state index contributed by atoms with van der Waals surface area (Å²) < 4.78 is 5.35. The molecule has 9 nitrogen and oxygen atoms in total. The average molecular weight is 406 g/mol. The molecule has 0 aliphatic carbocycles. The number of rotatable bonds is 3. The molecule has 1 fully saturated rings. The van der Waals surface area contributed by atoms with Gasteiger partial charge in [-0.25, -0.2) is 9.97 Å². The van der Waals surface area contributed by atoms with E-state index < -0.39 is 0 Å². The minimum atomic E-state index is 0.0527. The Morgan fingerprint density at radius 2 is 1.90 bits per heavy atom. The average Bonchev–Trinajstić information content (AvgIpc) is 3.41. The summed E-state index contributed by atoms with van der Waals surface area (Å²) in [5.74, 6) is 2.07. The zero-order valence-electron chi connectivity index (χ0n) is 17.2. The van der Waals surface area contributed by atoms with Gasteiger partial charge in [-0.3, -0.25) is 0 Å². The number of nitrogens with one attached hydrogen (secondary N) is 2. The molecule has 4 aromatic rings. The van der Waals surface area contributed by atoms with Crippen molar-refractivity contribution in [2.24, 2.45) is 0 Å². The number of hydrogen-bond donors (Lipinski definition) is 3. The first-order valence-corrected chi connectivity index (χ1v) is 10.1. The highest BCUT2D eigenvalue weighted by Gasteiger charge is 2.16. The highest BCUT2D eigenvalue weighted by atomic mass is 16.4. The van der Waals surface area contributed by atoms with Crippen molar-refractivity contribution in [2.75, 3.05) is 37.8 Å². The normalized spacial score (nSPS) is 13.9. The Morgan fingerprint density at radius 1 is 1.10 bits per heavy atom. The van der Waals surface area contributed by atoms with Gasteiger partial charge < -0.3 is 25.4 Å². The van der Waals surface area contributed by atoms with E-state index in [1.165, 1.54) is 19.3 Å². The van der Waals surface area contributed by atoms with Crippen LogP contribution in [0.2, 0.25) is 0 Å². The number of benzene rings is 1. The summed E-state index contributed by atoms with van der Waals surface area (Å²) in [6.07, 6.45) is 7.48. The maximum Gasteiger partial charge on any atom is 0.313 e. The molecule has 0 bridgehead atoms. The molecule has 0 saturated carbocycles. The van der Waals surface area contributed by atoms with E-state index >= 15 is 0 Å². The van der Waals surface area contributed by atoms with Crippen LogP contribution in [-0.2, 0) is 0 Å². The molecule has 0 amide bonds. The molecule has 0 spiro atoms. The van der Waals surface area contributed by atoms with Crippen LogP contribution in [0, 0.1) is 0 Å². The summed E-state index contributed by atoms with van der Waals surface area (Å²) in [4.78, 5) is 14.9. The van der Waals surface area contributed by atoms with Crippen LogP contribution in [-0.4, -0.2) is 52.3 Å². The third kappa shape index (κ3) is 4.11. The molecule has 1 aliphatic rings. The van der Waals surface area contributed by atoms with E-state index in [1.54, 1.807) is 0 Å². The number of nitrogens with zero attached hydrogens (tertiary/aromatic N) is 5. The minimum absolute atomic E-state index is 0.0527. The molecule has 0 radical (unpaired) electrons. The summed E-state index contributed by atoms with van der Waals surface area (Å²) in [6, 6.07) is 7.92. The zero-order valence-corrected chi connectivity index (χ0v) is 17.2. The van der Waals surface area contributed by atoms with Gasteiger partial charge in [0.2, 0.25) is 5.89 Å². The first-order valence-electron chi connectivity index (χ1n) is 10.1. The van der Waals surface area contributed by atoms with Crippen molar-refractivity contribution in [1.29, 1.82) is 0 Å². The van der Waals surface area contributed by atoms with Crippen LogP contribution in [0.15, 0.2) is 41.1 Å². The molecule has 3 aromatic heterocycles. The fourth-order valence-electron chi connectivity index (χ4n) is 3.57. The van der Waals surface area contributed by atoms with Gasteiger partial charge in [0.1, 0.15) is 5.82 Å². The summed E-state index contributed by atoms with van der Waals surface area (Å²) in [6.45, 7) is 2.10. The standard InChI is InChI=1S/C19H19N7O.C2H7N/c20-19-25-24-18(27-19)12-4-5-15-13(10-12)14(11-22-15)17-21-7-6-16(23-17)26-8-2-1-3-9-26;1-3-2/h4-7,10-11,22H,1-3,8-9H2,(H2,20,25);3H,1-2H3.